The number of anilines is 1. The molecule has 0 atom stereocenters. The summed E-state index contributed by atoms with van der Waals surface area (Å²) in [6.45, 7) is 2.09. The Morgan fingerprint density at radius 3 is 2.32 bits per heavy atom. The highest BCUT2D eigenvalue weighted by Crippen LogP contribution is 2.23. The van der Waals surface area contributed by atoms with E-state index in [1.165, 1.54) is 29.8 Å². The number of benzene rings is 3. The van der Waals surface area contributed by atoms with Gasteiger partial charge in [-0.15, -0.1) is 0 Å². The summed E-state index contributed by atoms with van der Waals surface area (Å²) in [7, 11) is 0. The Morgan fingerprint density at radius 2 is 1.65 bits per heavy atom. The van der Waals surface area contributed by atoms with E-state index in [1.54, 1.807) is 24.5 Å². The summed E-state index contributed by atoms with van der Waals surface area (Å²) >= 11 is 0. The number of carbonyl (C=O) groups excluding carboxylic acids is 1. The zero-order chi connectivity index (χ0) is 21.6. The van der Waals surface area contributed by atoms with Crippen molar-refractivity contribution in [2.45, 2.75) is 13.3 Å². The highest BCUT2D eigenvalue weighted by Gasteiger charge is 2.09. The molecule has 0 saturated heterocycles. The zero-order valence-electron chi connectivity index (χ0n) is 16.9. The molecule has 1 amide bonds. The maximum atomic E-state index is 13.0. The molecule has 0 unspecified atom stereocenters. The number of nitrogens with one attached hydrogen (secondary N) is 1. The van der Waals surface area contributed by atoms with Gasteiger partial charge in [-0.2, -0.15) is 0 Å². The number of rotatable bonds is 6. The van der Waals surface area contributed by atoms with Gasteiger partial charge >= 0.3 is 6.01 Å². The lowest BCUT2D eigenvalue weighted by atomic mass is 10.1. The van der Waals surface area contributed by atoms with Crippen molar-refractivity contribution in [3.63, 3.8) is 0 Å². The summed E-state index contributed by atoms with van der Waals surface area (Å²) in [4.78, 5) is 21.1. The van der Waals surface area contributed by atoms with Crippen LogP contribution in [0.15, 0.2) is 85.2 Å². The molecule has 0 saturated carbocycles. The van der Waals surface area contributed by atoms with Crippen molar-refractivity contribution in [2.24, 2.45) is 0 Å². The molecule has 154 valence electrons. The van der Waals surface area contributed by atoms with Crippen molar-refractivity contribution >= 4 is 11.6 Å². The summed E-state index contributed by atoms with van der Waals surface area (Å²) in [6.07, 6.45) is 4.19. The highest BCUT2D eigenvalue weighted by molar-refractivity contribution is 6.04. The minimum absolute atomic E-state index is 0.153. The van der Waals surface area contributed by atoms with Crippen LogP contribution < -0.4 is 10.1 Å². The van der Waals surface area contributed by atoms with Gasteiger partial charge in [-0.3, -0.25) is 4.79 Å². The molecule has 0 radical (unpaired) electrons. The van der Waals surface area contributed by atoms with Crippen LogP contribution in [0.1, 0.15) is 22.8 Å². The molecular weight excluding hydrogens is 393 g/mol. The largest absolute Gasteiger partial charge is 0.424 e. The Balaban J connectivity index is 1.46. The Kier molecular flexibility index (Phi) is 5.98. The van der Waals surface area contributed by atoms with Gasteiger partial charge in [0.15, 0.2) is 0 Å². The lowest BCUT2D eigenvalue weighted by Gasteiger charge is -2.08. The third-order valence-electron chi connectivity index (χ3n) is 4.73. The zero-order valence-corrected chi connectivity index (χ0v) is 16.9. The van der Waals surface area contributed by atoms with E-state index >= 15 is 0 Å². The van der Waals surface area contributed by atoms with Gasteiger partial charge in [0.1, 0.15) is 11.6 Å². The predicted octanol–water partition coefficient (Wildman–Crippen LogP) is 5.89. The monoisotopic (exact) mass is 413 g/mol. The molecular formula is C25H20FN3O2. The Morgan fingerprint density at radius 1 is 0.935 bits per heavy atom. The average Bonchev–Trinajstić information content (AvgIpc) is 2.81. The Hall–Kier alpha value is -4.06. The predicted molar refractivity (Wildman–Crippen MR) is 118 cm³/mol. The Labute approximate surface area is 179 Å². The van der Waals surface area contributed by atoms with Crippen molar-refractivity contribution in [1.82, 2.24) is 9.97 Å². The third kappa shape index (κ3) is 5.11. The van der Waals surface area contributed by atoms with Gasteiger partial charge in [-0.25, -0.2) is 14.4 Å². The molecule has 0 fully saturated rings. The van der Waals surface area contributed by atoms with E-state index in [2.05, 4.69) is 22.2 Å². The molecule has 0 aliphatic rings. The number of hydrogen-bond acceptors (Lipinski definition) is 4. The first-order valence-electron chi connectivity index (χ1n) is 9.87. The molecule has 0 bridgehead atoms. The second-order valence-corrected chi connectivity index (χ2v) is 6.90. The normalized spacial score (nSPS) is 10.5. The van der Waals surface area contributed by atoms with Crippen LogP contribution in [0.5, 0.6) is 11.8 Å². The maximum Gasteiger partial charge on any atom is 0.321 e. The molecule has 31 heavy (non-hydrogen) atoms. The number of nitrogens with zero attached hydrogens (tertiary/aromatic N) is 2. The lowest BCUT2D eigenvalue weighted by Crippen LogP contribution is -2.11. The SMILES string of the molecule is CCc1ccc(NC(=O)c2cccc(-c3cnc(Oc4ccc(F)cc4)nc3)c2)cc1. The molecule has 5 nitrogen and oxygen atoms in total. The smallest absolute Gasteiger partial charge is 0.321 e. The van der Waals surface area contributed by atoms with Gasteiger partial charge in [0.05, 0.1) is 0 Å². The van der Waals surface area contributed by atoms with Crippen molar-refractivity contribution in [1.29, 1.82) is 0 Å². The van der Waals surface area contributed by atoms with Crippen molar-refractivity contribution in [2.75, 3.05) is 5.32 Å². The highest BCUT2D eigenvalue weighted by atomic mass is 19.1. The van der Waals surface area contributed by atoms with E-state index in [0.717, 1.165) is 23.2 Å². The Bertz CT molecular complexity index is 1170. The standard InChI is InChI=1S/C25H20FN3O2/c1-2-17-6-10-22(11-7-17)29-24(30)19-5-3-4-18(14-19)20-15-27-25(28-16-20)31-23-12-8-21(26)9-13-23/h3-16H,2H2,1H3,(H,29,30). The molecule has 3 aromatic carbocycles. The number of carbonyl (C=O) groups is 1. The molecule has 6 heteroatoms. The quantitative estimate of drug-likeness (QED) is 0.428. The van der Waals surface area contributed by atoms with E-state index < -0.39 is 0 Å². The van der Waals surface area contributed by atoms with E-state index in [4.69, 9.17) is 4.74 Å². The summed E-state index contributed by atoms with van der Waals surface area (Å²) in [5, 5.41) is 2.91. The fraction of sp³-hybridized carbons (Fsp3) is 0.0800. The van der Waals surface area contributed by atoms with Gasteiger partial charge in [-0.05, 0) is 66.1 Å². The van der Waals surface area contributed by atoms with Crippen LogP contribution in [-0.4, -0.2) is 15.9 Å². The van der Waals surface area contributed by atoms with Gasteiger partial charge in [0, 0.05) is 29.2 Å². The van der Waals surface area contributed by atoms with Crippen LogP contribution >= 0.6 is 0 Å². The van der Waals surface area contributed by atoms with Crippen LogP contribution in [0.3, 0.4) is 0 Å². The summed E-state index contributed by atoms with van der Waals surface area (Å²) < 4.78 is 18.5. The van der Waals surface area contributed by atoms with Gasteiger partial charge < -0.3 is 10.1 Å². The second kappa shape index (κ2) is 9.17. The first-order chi connectivity index (χ1) is 15.1. The molecule has 4 rings (SSSR count). The lowest BCUT2D eigenvalue weighted by molar-refractivity contribution is 0.102. The maximum absolute atomic E-state index is 13.0. The molecule has 4 aromatic rings. The van der Waals surface area contributed by atoms with Crippen molar-refractivity contribution in [3.8, 4) is 22.9 Å². The fourth-order valence-electron chi connectivity index (χ4n) is 2.99. The third-order valence-corrected chi connectivity index (χ3v) is 4.73. The van der Waals surface area contributed by atoms with Gasteiger partial charge in [0.25, 0.3) is 5.91 Å². The van der Waals surface area contributed by atoms with E-state index in [1.807, 2.05) is 36.4 Å². The van der Waals surface area contributed by atoms with E-state index in [0.29, 0.717) is 11.3 Å². The topological polar surface area (TPSA) is 64.1 Å². The molecule has 1 N–H and O–H groups in total. The molecule has 1 heterocycles. The van der Waals surface area contributed by atoms with E-state index in [-0.39, 0.29) is 17.7 Å². The van der Waals surface area contributed by atoms with Crippen LogP contribution in [0.4, 0.5) is 10.1 Å². The number of aromatic nitrogens is 2. The van der Waals surface area contributed by atoms with Crippen molar-refractivity contribution < 1.29 is 13.9 Å². The van der Waals surface area contributed by atoms with Crippen molar-refractivity contribution in [3.05, 3.63) is 102 Å². The number of hydrogen-bond donors (Lipinski definition) is 1. The minimum atomic E-state index is -0.342. The van der Waals surface area contributed by atoms with E-state index in [9.17, 15) is 9.18 Å². The second-order valence-electron chi connectivity index (χ2n) is 6.90. The van der Waals surface area contributed by atoms with Crippen LogP contribution in [-0.2, 0) is 6.42 Å². The first kappa shape index (κ1) is 20.2. The van der Waals surface area contributed by atoms with Gasteiger partial charge in [0.2, 0.25) is 0 Å². The molecule has 1 aromatic heterocycles. The summed E-state index contributed by atoms with van der Waals surface area (Å²) in [5.41, 5.74) is 4.05. The number of aryl methyl sites for hydroxylation is 1. The summed E-state index contributed by atoms with van der Waals surface area (Å²) in [6, 6.07) is 20.8. The van der Waals surface area contributed by atoms with Crippen LogP contribution in [0.25, 0.3) is 11.1 Å². The van der Waals surface area contributed by atoms with Gasteiger partial charge in [-0.1, -0.05) is 31.2 Å². The number of halogens is 1. The van der Waals surface area contributed by atoms with Crippen LogP contribution in [0, 0.1) is 5.82 Å². The molecule has 0 spiro atoms. The minimum Gasteiger partial charge on any atom is -0.424 e. The van der Waals surface area contributed by atoms with Crippen LogP contribution in [0.2, 0.25) is 0 Å². The average molecular weight is 413 g/mol. The first-order valence-corrected chi connectivity index (χ1v) is 9.87. The summed E-state index contributed by atoms with van der Waals surface area (Å²) in [5.74, 6) is -0.0893. The molecule has 0 aliphatic heterocycles. The number of ether oxygens (including phenoxy) is 1. The number of amides is 1. The fourth-order valence-corrected chi connectivity index (χ4v) is 2.99. The molecule has 0 aliphatic carbocycles.